The normalized spacial score (nSPS) is 17.8. The third-order valence-corrected chi connectivity index (χ3v) is 3.57. The summed E-state index contributed by atoms with van der Waals surface area (Å²) in [6.07, 6.45) is 0.774. The van der Waals surface area contributed by atoms with Crippen molar-refractivity contribution in [1.29, 1.82) is 0 Å². The maximum Gasteiger partial charge on any atom is 0.242 e. The van der Waals surface area contributed by atoms with E-state index >= 15 is 0 Å². The van der Waals surface area contributed by atoms with Crippen LogP contribution in [0.1, 0.15) is 19.4 Å². The second kappa shape index (κ2) is 5.83. The molecule has 4 nitrogen and oxygen atoms in total. The minimum atomic E-state index is -0.137. The third-order valence-electron chi connectivity index (χ3n) is 3.57. The summed E-state index contributed by atoms with van der Waals surface area (Å²) in [4.78, 5) is 14.4. The van der Waals surface area contributed by atoms with Crippen LogP contribution in [-0.2, 0) is 11.2 Å². The molecule has 1 aliphatic rings. The lowest BCUT2D eigenvalue weighted by atomic mass is 9.93. The van der Waals surface area contributed by atoms with E-state index in [9.17, 15) is 4.79 Å². The van der Waals surface area contributed by atoms with Gasteiger partial charge in [-0.1, -0.05) is 32.0 Å². The molecule has 1 aromatic rings. The maximum atomic E-state index is 12.3. The average molecular weight is 275 g/mol. The van der Waals surface area contributed by atoms with E-state index in [1.165, 1.54) is 5.56 Å². The number of nitrogens with one attached hydrogen (secondary N) is 2. The molecule has 2 rings (SSSR count). The van der Waals surface area contributed by atoms with Crippen LogP contribution in [0.2, 0.25) is 0 Å². The van der Waals surface area contributed by atoms with Gasteiger partial charge in [0.25, 0.3) is 0 Å². The van der Waals surface area contributed by atoms with E-state index in [1.807, 2.05) is 18.2 Å². The highest BCUT2D eigenvalue weighted by Crippen LogP contribution is 2.25. The van der Waals surface area contributed by atoms with Crippen molar-refractivity contribution in [3.05, 3.63) is 29.8 Å². The van der Waals surface area contributed by atoms with Crippen molar-refractivity contribution in [3.63, 3.8) is 0 Å². The van der Waals surface area contributed by atoms with E-state index in [0.717, 1.165) is 18.7 Å². The fourth-order valence-corrected chi connectivity index (χ4v) is 2.82. The molecule has 0 spiro atoms. The number of carbonyl (C=O) groups excluding carboxylic acids is 1. The fraction of sp³-hybridized carbons (Fsp3) is 0.562. The molecule has 1 heterocycles. The molecule has 1 aromatic carbocycles. The van der Waals surface area contributed by atoms with Crippen molar-refractivity contribution >= 4 is 11.6 Å². The molecule has 0 aliphatic carbocycles. The largest absolute Gasteiger partial charge is 0.373 e. The zero-order chi connectivity index (χ0) is 14.8. The highest BCUT2D eigenvalue weighted by molar-refractivity contribution is 5.87. The summed E-state index contributed by atoms with van der Waals surface area (Å²) >= 11 is 0. The number of hydrogen-bond donors (Lipinski definition) is 2. The van der Waals surface area contributed by atoms with Crippen molar-refractivity contribution in [3.8, 4) is 0 Å². The van der Waals surface area contributed by atoms with Crippen LogP contribution >= 0.6 is 0 Å². The Morgan fingerprint density at radius 3 is 2.75 bits per heavy atom. The molecule has 2 N–H and O–H groups in total. The zero-order valence-electron chi connectivity index (χ0n) is 12.9. The Bertz CT molecular complexity index is 457. The minimum Gasteiger partial charge on any atom is -0.373 e. The molecule has 1 atom stereocenters. The summed E-state index contributed by atoms with van der Waals surface area (Å²) in [5.41, 5.74) is 2.38. The first-order valence-electron chi connectivity index (χ1n) is 7.14. The molecule has 0 bridgehead atoms. The number of fused-ring (bicyclic) bond motifs is 1. The molecule has 20 heavy (non-hydrogen) atoms. The standard InChI is InChI=1S/C16H25N3O/c1-16(2,11-19(3)4)10-17-15(20)14-9-12-7-5-6-8-13(12)18-14/h5-8,14,18H,9-11H2,1-4H3,(H,17,20)/t14-/m0/s1. The Kier molecular flexibility index (Phi) is 4.33. The van der Waals surface area contributed by atoms with Gasteiger partial charge >= 0.3 is 0 Å². The van der Waals surface area contributed by atoms with Gasteiger partial charge in [0.2, 0.25) is 5.91 Å². The molecule has 0 aromatic heterocycles. The zero-order valence-corrected chi connectivity index (χ0v) is 12.9. The average Bonchev–Trinajstić information content (AvgIpc) is 2.78. The summed E-state index contributed by atoms with van der Waals surface area (Å²) in [5.74, 6) is 0.0908. The first kappa shape index (κ1) is 14.9. The summed E-state index contributed by atoms with van der Waals surface area (Å²) in [5, 5.41) is 6.37. The fourth-order valence-electron chi connectivity index (χ4n) is 2.82. The van der Waals surface area contributed by atoms with Gasteiger partial charge in [0.05, 0.1) is 0 Å². The molecule has 110 valence electrons. The van der Waals surface area contributed by atoms with Crippen LogP contribution in [0.4, 0.5) is 5.69 Å². The van der Waals surface area contributed by atoms with Crippen LogP contribution in [0.3, 0.4) is 0 Å². The van der Waals surface area contributed by atoms with Crippen LogP contribution < -0.4 is 10.6 Å². The second-order valence-corrected chi connectivity index (χ2v) is 6.68. The number of rotatable bonds is 5. The van der Waals surface area contributed by atoms with Crippen molar-refractivity contribution in [2.45, 2.75) is 26.3 Å². The molecule has 0 radical (unpaired) electrons. The van der Waals surface area contributed by atoms with Gasteiger partial charge in [-0.25, -0.2) is 0 Å². The maximum absolute atomic E-state index is 12.3. The lowest BCUT2D eigenvalue weighted by molar-refractivity contribution is -0.122. The molecule has 0 unspecified atom stereocenters. The van der Waals surface area contributed by atoms with Crippen LogP contribution in [0.15, 0.2) is 24.3 Å². The van der Waals surface area contributed by atoms with Crippen molar-refractivity contribution in [2.75, 3.05) is 32.5 Å². The third kappa shape index (κ3) is 3.73. The summed E-state index contributed by atoms with van der Waals surface area (Å²) in [7, 11) is 4.11. The van der Waals surface area contributed by atoms with E-state index in [4.69, 9.17) is 0 Å². The van der Waals surface area contributed by atoms with E-state index in [0.29, 0.717) is 6.54 Å². The smallest absolute Gasteiger partial charge is 0.242 e. The Labute approximate surface area is 121 Å². The number of carbonyl (C=O) groups is 1. The molecule has 0 saturated heterocycles. The SMILES string of the molecule is CN(C)CC(C)(C)CNC(=O)[C@@H]1Cc2ccccc2N1. The van der Waals surface area contributed by atoms with E-state index in [2.05, 4.69) is 49.5 Å². The topological polar surface area (TPSA) is 44.4 Å². The first-order chi connectivity index (χ1) is 9.37. The molecular weight excluding hydrogens is 250 g/mol. The molecular formula is C16H25N3O. The van der Waals surface area contributed by atoms with Gasteiger partial charge in [0.15, 0.2) is 0 Å². The Balaban J connectivity index is 1.85. The number of anilines is 1. The minimum absolute atomic E-state index is 0.0740. The molecule has 0 saturated carbocycles. The van der Waals surface area contributed by atoms with Crippen molar-refractivity contribution < 1.29 is 4.79 Å². The van der Waals surface area contributed by atoms with E-state index < -0.39 is 0 Å². The van der Waals surface area contributed by atoms with Crippen LogP contribution in [-0.4, -0.2) is 44.0 Å². The number of amides is 1. The van der Waals surface area contributed by atoms with Gasteiger partial charge in [-0.15, -0.1) is 0 Å². The molecule has 1 amide bonds. The highest BCUT2D eigenvalue weighted by Gasteiger charge is 2.28. The van der Waals surface area contributed by atoms with Crippen molar-refractivity contribution in [1.82, 2.24) is 10.2 Å². The van der Waals surface area contributed by atoms with Gasteiger partial charge < -0.3 is 15.5 Å². The van der Waals surface area contributed by atoms with E-state index in [-0.39, 0.29) is 17.4 Å². The Morgan fingerprint density at radius 2 is 2.10 bits per heavy atom. The van der Waals surface area contributed by atoms with E-state index in [1.54, 1.807) is 0 Å². The summed E-state index contributed by atoms with van der Waals surface area (Å²) in [6, 6.07) is 7.97. The molecule has 4 heteroatoms. The second-order valence-electron chi connectivity index (χ2n) is 6.68. The Morgan fingerprint density at radius 1 is 1.40 bits per heavy atom. The number of nitrogens with zero attached hydrogens (tertiary/aromatic N) is 1. The highest BCUT2D eigenvalue weighted by atomic mass is 16.2. The van der Waals surface area contributed by atoms with Gasteiger partial charge in [-0.2, -0.15) is 0 Å². The quantitative estimate of drug-likeness (QED) is 0.860. The van der Waals surface area contributed by atoms with Crippen LogP contribution in [0.5, 0.6) is 0 Å². The van der Waals surface area contributed by atoms with Gasteiger partial charge in [-0.05, 0) is 31.1 Å². The van der Waals surface area contributed by atoms with Crippen LogP contribution in [0.25, 0.3) is 0 Å². The van der Waals surface area contributed by atoms with Crippen molar-refractivity contribution in [2.24, 2.45) is 5.41 Å². The van der Waals surface area contributed by atoms with Gasteiger partial charge in [0, 0.05) is 25.2 Å². The van der Waals surface area contributed by atoms with Gasteiger partial charge in [0.1, 0.15) is 6.04 Å². The van der Waals surface area contributed by atoms with Crippen LogP contribution in [0, 0.1) is 5.41 Å². The number of hydrogen-bond acceptors (Lipinski definition) is 3. The molecule has 1 aliphatic heterocycles. The predicted molar refractivity (Wildman–Crippen MR) is 82.9 cm³/mol. The predicted octanol–water partition coefficient (Wildman–Crippen LogP) is 1.73. The Hall–Kier alpha value is -1.55. The summed E-state index contributed by atoms with van der Waals surface area (Å²) < 4.78 is 0. The lowest BCUT2D eigenvalue weighted by Gasteiger charge is -2.29. The molecule has 0 fully saturated rings. The van der Waals surface area contributed by atoms with Gasteiger partial charge in [-0.3, -0.25) is 4.79 Å². The monoisotopic (exact) mass is 275 g/mol. The lowest BCUT2D eigenvalue weighted by Crippen LogP contribution is -2.45. The number of benzene rings is 1. The number of para-hydroxylation sites is 1. The first-order valence-corrected chi connectivity index (χ1v) is 7.14. The summed E-state index contributed by atoms with van der Waals surface area (Å²) in [6.45, 7) is 5.98.